The minimum Gasteiger partial charge on any atom is -0.467 e. The molecule has 0 spiro atoms. The number of carbonyl (C=O) groups excluding carboxylic acids is 1. The maximum absolute atomic E-state index is 12.5. The number of aliphatic hydroxyl groups is 1. The summed E-state index contributed by atoms with van der Waals surface area (Å²) in [6, 6.07) is 39.6. The summed E-state index contributed by atoms with van der Waals surface area (Å²) in [5.74, 6) is -0.670. The number of rotatable bonds is 9. The van der Waals surface area contributed by atoms with E-state index in [4.69, 9.17) is 4.74 Å². The Morgan fingerprint density at radius 2 is 1.12 bits per heavy atom. The molecular formula is C30H29NO3. The van der Waals surface area contributed by atoms with Gasteiger partial charge in [0.2, 0.25) is 0 Å². The first kappa shape index (κ1) is 23.4. The minimum absolute atomic E-state index is 0.436. The second kappa shape index (κ2) is 10.9. The summed E-state index contributed by atoms with van der Waals surface area (Å²) in [6.07, 6.45) is -0.925. The van der Waals surface area contributed by atoms with E-state index in [0.717, 1.165) is 22.3 Å². The highest BCUT2D eigenvalue weighted by molar-refractivity contribution is 5.75. The van der Waals surface area contributed by atoms with Crippen LogP contribution in [0.3, 0.4) is 0 Å². The molecule has 4 heteroatoms. The summed E-state index contributed by atoms with van der Waals surface area (Å²) in [4.78, 5) is 12.5. The molecule has 0 aliphatic rings. The summed E-state index contributed by atoms with van der Waals surface area (Å²) >= 11 is 0. The van der Waals surface area contributed by atoms with Gasteiger partial charge in [-0.05, 0) is 28.7 Å². The predicted molar refractivity (Wildman–Crippen MR) is 134 cm³/mol. The zero-order valence-electron chi connectivity index (χ0n) is 19.2. The van der Waals surface area contributed by atoms with Crippen LogP contribution >= 0.6 is 0 Å². The van der Waals surface area contributed by atoms with Crippen LogP contribution in [-0.2, 0) is 21.5 Å². The van der Waals surface area contributed by atoms with E-state index in [0.29, 0.717) is 6.42 Å². The van der Waals surface area contributed by atoms with Gasteiger partial charge in [-0.2, -0.15) is 0 Å². The summed E-state index contributed by atoms with van der Waals surface area (Å²) < 4.78 is 4.93. The van der Waals surface area contributed by atoms with E-state index in [1.54, 1.807) is 0 Å². The number of hydrogen-bond acceptors (Lipinski definition) is 4. The lowest BCUT2D eigenvalue weighted by Gasteiger charge is -2.41. The molecule has 0 fully saturated rings. The Balaban J connectivity index is 1.91. The molecule has 2 atom stereocenters. The molecule has 0 unspecified atom stereocenters. The average molecular weight is 452 g/mol. The molecule has 0 heterocycles. The van der Waals surface area contributed by atoms with Crippen molar-refractivity contribution in [1.82, 2.24) is 5.32 Å². The van der Waals surface area contributed by atoms with Crippen molar-refractivity contribution in [3.63, 3.8) is 0 Å². The van der Waals surface area contributed by atoms with Gasteiger partial charge in [-0.25, -0.2) is 4.79 Å². The maximum atomic E-state index is 12.5. The van der Waals surface area contributed by atoms with Crippen molar-refractivity contribution in [2.75, 3.05) is 7.11 Å². The van der Waals surface area contributed by atoms with Crippen LogP contribution in [0.25, 0.3) is 0 Å². The van der Waals surface area contributed by atoms with Crippen LogP contribution < -0.4 is 5.32 Å². The van der Waals surface area contributed by atoms with Gasteiger partial charge in [0, 0.05) is 6.04 Å². The Hall–Kier alpha value is -3.73. The third kappa shape index (κ3) is 4.93. The molecule has 4 rings (SSSR count). The highest BCUT2D eigenvalue weighted by Crippen LogP contribution is 2.37. The van der Waals surface area contributed by atoms with Gasteiger partial charge >= 0.3 is 5.97 Å². The highest BCUT2D eigenvalue weighted by atomic mass is 16.5. The van der Waals surface area contributed by atoms with Crippen LogP contribution in [0.15, 0.2) is 121 Å². The van der Waals surface area contributed by atoms with Gasteiger partial charge in [-0.1, -0.05) is 121 Å². The molecular weight excluding hydrogens is 422 g/mol. The van der Waals surface area contributed by atoms with Crippen molar-refractivity contribution in [1.29, 1.82) is 0 Å². The molecule has 0 saturated carbocycles. The monoisotopic (exact) mass is 451 g/mol. The zero-order chi connectivity index (χ0) is 23.8. The van der Waals surface area contributed by atoms with Crippen LogP contribution in [-0.4, -0.2) is 30.3 Å². The molecule has 0 aliphatic heterocycles. The van der Waals surface area contributed by atoms with E-state index in [-0.39, 0.29) is 0 Å². The van der Waals surface area contributed by atoms with Crippen molar-refractivity contribution in [2.24, 2.45) is 0 Å². The quantitative estimate of drug-likeness (QED) is 0.286. The SMILES string of the molecule is COC(=O)[C@@H](O)[C@H](Cc1ccccc1)NC(c1ccccc1)(c1ccccc1)c1ccccc1. The van der Waals surface area contributed by atoms with E-state index in [1.165, 1.54) is 7.11 Å². The fourth-order valence-electron chi connectivity index (χ4n) is 4.49. The number of methoxy groups -OCH3 is 1. The first-order chi connectivity index (χ1) is 16.6. The Labute approximate surface area is 200 Å². The van der Waals surface area contributed by atoms with Gasteiger partial charge < -0.3 is 9.84 Å². The van der Waals surface area contributed by atoms with Crippen LogP contribution in [0.2, 0.25) is 0 Å². The molecule has 0 saturated heterocycles. The number of aliphatic hydroxyl groups excluding tert-OH is 1. The third-order valence-corrected chi connectivity index (χ3v) is 6.14. The number of nitrogens with one attached hydrogen (secondary N) is 1. The van der Waals surface area contributed by atoms with Crippen molar-refractivity contribution >= 4 is 5.97 Å². The topological polar surface area (TPSA) is 58.6 Å². The summed E-state index contributed by atoms with van der Waals surface area (Å²) in [5.41, 5.74) is 3.19. The van der Waals surface area contributed by atoms with Crippen molar-refractivity contribution in [3.8, 4) is 0 Å². The average Bonchev–Trinajstić information content (AvgIpc) is 2.92. The summed E-state index contributed by atoms with van der Waals surface area (Å²) in [6.45, 7) is 0. The van der Waals surface area contributed by atoms with Crippen molar-refractivity contribution in [2.45, 2.75) is 24.1 Å². The molecule has 0 aliphatic carbocycles. The number of hydrogen-bond donors (Lipinski definition) is 2. The molecule has 0 bridgehead atoms. The fourth-order valence-corrected chi connectivity index (χ4v) is 4.49. The van der Waals surface area contributed by atoms with Crippen LogP contribution in [0.5, 0.6) is 0 Å². The Bertz CT molecular complexity index is 1070. The fraction of sp³-hybridized carbons (Fsp3) is 0.167. The first-order valence-corrected chi connectivity index (χ1v) is 11.4. The van der Waals surface area contributed by atoms with E-state index < -0.39 is 23.7 Å². The lowest BCUT2D eigenvalue weighted by atomic mass is 9.76. The third-order valence-electron chi connectivity index (χ3n) is 6.14. The molecule has 0 radical (unpaired) electrons. The minimum atomic E-state index is -1.36. The van der Waals surface area contributed by atoms with Gasteiger partial charge in [0.15, 0.2) is 6.10 Å². The lowest BCUT2D eigenvalue weighted by Crippen LogP contribution is -2.56. The molecule has 34 heavy (non-hydrogen) atoms. The highest BCUT2D eigenvalue weighted by Gasteiger charge is 2.41. The van der Waals surface area contributed by atoms with E-state index in [2.05, 4.69) is 41.7 Å². The molecule has 0 aromatic heterocycles. The molecule has 4 aromatic rings. The van der Waals surface area contributed by atoms with Crippen molar-refractivity contribution in [3.05, 3.63) is 144 Å². The molecule has 4 aromatic carbocycles. The molecule has 0 amide bonds. The number of ether oxygens (including phenoxy) is 1. The lowest BCUT2D eigenvalue weighted by molar-refractivity contribution is -0.152. The van der Waals surface area contributed by atoms with Crippen LogP contribution in [0.4, 0.5) is 0 Å². The second-order valence-electron chi connectivity index (χ2n) is 8.26. The van der Waals surface area contributed by atoms with Gasteiger partial charge in [-0.3, -0.25) is 5.32 Å². The standard InChI is InChI=1S/C30H29NO3/c1-34-29(33)28(32)27(22-23-14-6-2-7-15-23)31-30(24-16-8-3-9-17-24,25-18-10-4-11-19-25)26-20-12-5-13-21-26/h2-21,27-28,31-32H,22H2,1H3/t27-,28-/m0/s1. The molecule has 172 valence electrons. The van der Waals surface area contributed by atoms with E-state index in [1.807, 2.05) is 84.9 Å². The predicted octanol–water partition coefficient (Wildman–Crippen LogP) is 4.71. The Morgan fingerprint density at radius 1 is 0.735 bits per heavy atom. The molecule has 2 N–H and O–H groups in total. The normalized spacial score (nSPS) is 13.1. The number of benzene rings is 4. The van der Waals surface area contributed by atoms with Crippen LogP contribution in [0.1, 0.15) is 22.3 Å². The van der Waals surface area contributed by atoms with E-state index >= 15 is 0 Å². The van der Waals surface area contributed by atoms with Gasteiger partial charge in [0.05, 0.1) is 12.6 Å². The number of esters is 1. The Morgan fingerprint density at radius 3 is 1.50 bits per heavy atom. The van der Waals surface area contributed by atoms with Crippen molar-refractivity contribution < 1.29 is 14.6 Å². The smallest absolute Gasteiger partial charge is 0.336 e. The van der Waals surface area contributed by atoms with Gasteiger partial charge in [0.25, 0.3) is 0 Å². The first-order valence-electron chi connectivity index (χ1n) is 11.4. The molecule has 4 nitrogen and oxygen atoms in total. The largest absolute Gasteiger partial charge is 0.467 e. The zero-order valence-corrected chi connectivity index (χ0v) is 19.2. The van der Waals surface area contributed by atoms with Gasteiger partial charge in [0.1, 0.15) is 0 Å². The van der Waals surface area contributed by atoms with E-state index in [9.17, 15) is 9.90 Å². The summed E-state index contributed by atoms with van der Waals surface area (Å²) in [5, 5.41) is 14.8. The summed E-state index contributed by atoms with van der Waals surface area (Å²) in [7, 11) is 1.30. The van der Waals surface area contributed by atoms with Gasteiger partial charge in [-0.15, -0.1) is 0 Å². The number of carbonyl (C=O) groups is 1. The second-order valence-corrected chi connectivity index (χ2v) is 8.26. The Kier molecular flexibility index (Phi) is 7.53. The maximum Gasteiger partial charge on any atom is 0.336 e. The van der Waals surface area contributed by atoms with Crippen LogP contribution in [0, 0.1) is 0 Å².